The minimum atomic E-state index is -1.78. The highest BCUT2D eigenvalue weighted by molar-refractivity contribution is 6.05. The van der Waals surface area contributed by atoms with Gasteiger partial charge < -0.3 is 60.3 Å². The first-order valence-corrected chi connectivity index (χ1v) is 27.6. The number of nitrogens with one attached hydrogen (secondary N) is 3. The fourth-order valence-electron chi connectivity index (χ4n) is 10.4. The normalized spacial score (nSPS) is 27.9. The molecule has 3 aliphatic heterocycles. The maximum Gasteiger partial charge on any atom is 0.329 e. The van der Waals surface area contributed by atoms with Gasteiger partial charge in [0.05, 0.1) is 24.5 Å². The summed E-state index contributed by atoms with van der Waals surface area (Å²) in [6, 6.07) is -3.17. The van der Waals surface area contributed by atoms with Crippen molar-refractivity contribution in [3.8, 4) is 5.75 Å². The third kappa shape index (κ3) is 16.5. The van der Waals surface area contributed by atoms with Gasteiger partial charge in [0.2, 0.25) is 35.4 Å². The van der Waals surface area contributed by atoms with Gasteiger partial charge in [0, 0.05) is 33.6 Å². The van der Waals surface area contributed by atoms with Crippen molar-refractivity contribution in [1.29, 1.82) is 0 Å². The summed E-state index contributed by atoms with van der Waals surface area (Å²) in [7, 11) is 2.76. The molecule has 0 radical (unpaired) electrons. The van der Waals surface area contributed by atoms with Gasteiger partial charge in [0.1, 0.15) is 54.2 Å². The summed E-state index contributed by atoms with van der Waals surface area (Å²) >= 11 is 0. The molecule has 6 N–H and O–H groups in total. The molecule has 0 aromatic heterocycles. The molecule has 78 heavy (non-hydrogen) atoms. The highest BCUT2D eigenvalue weighted by Gasteiger charge is 2.46. The molecule has 4 rings (SSSR count). The predicted molar refractivity (Wildman–Crippen MR) is 285 cm³/mol. The zero-order chi connectivity index (χ0) is 58.6. The summed E-state index contributed by atoms with van der Waals surface area (Å²) in [6.45, 7) is 18.3. The lowest BCUT2D eigenvalue weighted by Gasteiger charge is -2.36. The van der Waals surface area contributed by atoms with Gasteiger partial charge in [-0.25, -0.2) is 4.79 Å². The molecule has 3 saturated heterocycles. The van der Waals surface area contributed by atoms with Crippen LogP contribution in [-0.4, -0.2) is 188 Å². The van der Waals surface area contributed by atoms with E-state index in [2.05, 4.69) is 16.0 Å². The quantitative estimate of drug-likeness (QED) is 0.115. The summed E-state index contributed by atoms with van der Waals surface area (Å²) in [4.78, 5) is 148. The summed E-state index contributed by atoms with van der Waals surface area (Å²) in [5.74, 6) is -11.0. The van der Waals surface area contributed by atoms with Crippen LogP contribution in [0.15, 0.2) is 24.3 Å². The molecule has 7 amide bonds. The Morgan fingerprint density at radius 2 is 1.47 bits per heavy atom. The van der Waals surface area contributed by atoms with E-state index in [0.29, 0.717) is 24.8 Å². The highest BCUT2D eigenvalue weighted by Crippen LogP contribution is 2.27. The number of benzene rings is 1. The van der Waals surface area contributed by atoms with E-state index in [9.17, 15) is 63.3 Å². The van der Waals surface area contributed by atoms with Gasteiger partial charge in [0.25, 0.3) is 5.91 Å². The second-order valence-corrected chi connectivity index (χ2v) is 22.8. The monoisotopic (exact) mass is 1100 g/mol. The maximum atomic E-state index is 15.0. The number of carbonyl (C=O) groups is 10. The van der Waals surface area contributed by atoms with Crippen molar-refractivity contribution in [2.75, 3.05) is 27.2 Å². The number of rotatable bonds is 14. The van der Waals surface area contributed by atoms with E-state index in [1.54, 1.807) is 39.8 Å². The van der Waals surface area contributed by atoms with Crippen LogP contribution in [0.2, 0.25) is 0 Å². The number of ether oxygens (including phenoxy) is 2. The fraction of sp³-hybridized carbons (Fsp3) is 0.714. The third-order valence-electron chi connectivity index (χ3n) is 15.3. The number of amides is 7. The third-order valence-corrected chi connectivity index (χ3v) is 15.3. The number of phenolic OH excluding ortho intramolecular Hbond substituents is 1. The molecule has 3 aliphatic rings. The topological polar surface area (TPSA) is 299 Å². The molecule has 13 atom stereocenters. The number of hydrogen-bond acceptors (Lipinski definition) is 15. The first kappa shape index (κ1) is 64.4. The fourth-order valence-corrected chi connectivity index (χ4v) is 10.4. The smallest absolute Gasteiger partial charge is 0.329 e. The number of likely N-dealkylation sites (tertiary alicyclic amines) is 1. The molecule has 22 nitrogen and oxygen atoms in total. The Kier molecular flexibility index (Phi) is 23.6. The van der Waals surface area contributed by atoms with E-state index in [-0.39, 0.29) is 62.8 Å². The first-order valence-electron chi connectivity index (χ1n) is 27.6. The van der Waals surface area contributed by atoms with Crippen LogP contribution in [-0.2, 0) is 63.8 Å². The van der Waals surface area contributed by atoms with E-state index in [1.807, 2.05) is 27.7 Å². The number of likely N-dealkylation sites (N-methyl/N-ethyl adjacent to an activating group) is 2. The average molecular weight is 1100 g/mol. The van der Waals surface area contributed by atoms with Crippen molar-refractivity contribution in [2.45, 2.75) is 201 Å². The van der Waals surface area contributed by atoms with Gasteiger partial charge in [-0.15, -0.1) is 0 Å². The Labute approximate surface area is 459 Å². The molecule has 22 heteroatoms. The van der Waals surface area contributed by atoms with Crippen molar-refractivity contribution in [1.82, 2.24) is 35.6 Å². The molecule has 1 aromatic rings. The lowest BCUT2D eigenvalue weighted by atomic mass is 9.91. The second-order valence-electron chi connectivity index (χ2n) is 22.8. The van der Waals surface area contributed by atoms with Crippen LogP contribution in [0.25, 0.3) is 0 Å². The molecule has 0 spiro atoms. The lowest BCUT2D eigenvalue weighted by molar-refractivity contribution is -0.163. The van der Waals surface area contributed by atoms with Crippen LogP contribution in [0, 0.1) is 29.6 Å². The first-order chi connectivity index (χ1) is 36.5. The molecule has 1 aromatic carbocycles. The number of cyclic esters (lactones) is 2. The molecule has 0 unspecified atom stereocenters. The maximum absolute atomic E-state index is 15.0. The largest absolute Gasteiger partial charge is 0.508 e. The molecule has 0 bridgehead atoms. The minimum Gasteiger partial charge on any atom is -0.508 e. The highest BCUT2D eigenvalue weighted by atomic mass is 16.6. The number of hydrogen-bond donors (Lipinski definition) is 6. The number of nitrogens with zero attached hydrogens (tertiary/aromatic N) is 4. The van der Waals surface area contributed by atoms with Crippen molar-refractivity contribution in [2.24, 2.45) is 29.6 Å². The SMILES string of the molecule is CC[C@H](C)[C@H]1NC(=O)[C@@H](NC(=O)[C@@H](CC(C)C)N(C)C(=O)[C@@H]2CCCN2C(=O)[C@H](C)O)[C@@H](C)OC(=O)[C@H](Cc2ccc(O)cc2)N(C)C(=O)[C@@H]2CCCN2C(=O)[C@H](CC(C)C)NC(=O)[C@@H](C)C(=O)[C@H](C(C)C)OC(=O)C[C@@H]1O. The molecule has 0 saturated carbocycles. The van der Waals surface area contributed by atoms with Crippen molar-refractivity contribution >= 4 is 59.1 Å². The molecule has 3 fully saturated rings. The van der Waals surface area contributed by atoms with Gasteiger partial charge in [-0.1, -0.05) is 73.9 Å². The number of aliphatic hydroxyl groups excluding tert-OH is 2. The van der Waals surface area contributed by atoms with Crippen molar-refractivity contribution < 1.29 is 72.7 Å². The van der Waals surface area contributed by atoms with Crippen LogP contribution < -0.4 is 16.0 Å². The molecule has 0 aliphatic carbocycles. The van der Waals surface area contributed by atoms with Crippen LogP contribution in [0.4, 0.5) is 0 Å². The Morgan fingerprint density at radius 1 is 0.846 bits per heavy atom. The number of carbonyl (C=O) groups excluding carboxylic acids is 10. The van der Waals surface area contributed by atoms with E-state index >= 15 is 0 Å². The Morgan fingerprint density at radius 3 is 2.05 bits per heavy atom. The van der Waals surface area contributed by atoms with Gasteiger partial charge >= 0.3 is 11.9 Å². The van der Waals surface area contributed by atoms with Crippen LogP contribution >= 0.6 is 0 Å². The molecule has 436 valence electrons. The number of fused-ring (bicyclic) bond motifs is 1. The Hall–Kier alpha value is -6.16. The van der Waals surface area contributed by atoms with Gasteiger partial charge in [0.15, 0.2) is 11.9 Å². The van der Waals surface area contributed by atoms with Crippen LogP contribution in [0.1, 0.15) is 133 Å². The van der Waals surface area contributed by atoms with Crippen molar-refractivity contribution in [3.05, 3.63) is 29.8 Å². The minimum absolute atomic E-state index is 0.0629. The van der Waals surface area contributed by atoms with E-state index in [4.69, 9.17) is 9.47 Å². The number of phenols is 1. The zero-order valence-electron chi connectivity index (χ0n) is 47.9. The summed E-state index contributed by atoms with van der Waals surface area (Å²) in [6.07, 6.45) is -5.17. The number of ketones is 1. The number of aromatic hydroxyl groups is 1. The number of aliphatic hydroxyl groups is 2. The molecular formula is C56H87N7O15. The summed E-state index contributed by atoms with van der Waals surface area (Å²) < 4.78 is 11.8. The van der Waals surface area contributed by atoms with Gasteiger partial charge in [-0.3, -0.25) is 43.2 Å². The Balaban J connectivity index is 1.88. The Bertz CT molecular complexity index is 2310. The molecular weight excluding hydrogens is 1010 g/mol. The standard InChI is InChI=1S/C56H87N7O15/c1-14-32(8)45-43(66)28-44(67)78-48(31(6)7)47(68)33(9)49(69)57-38(25-29(2)3)53(73)63-24-16-18-40(63)55(75)61(13)42(27-36-19-21-37(65)22-20-36)56(76)77-35(11)46(51(71)58-45)59-50(70)41(26-30(4)5)60(12)54(74)39-17-15-23-62(39)52(72)34(10)64/h19-22,29-35,38-43,45-46,48,64-66H,14-18,23-28H2,1-13H3,(H,57,69)(H,58,71)(H,59,70)/t32-,33-,34-,35+,38-,39-,40-,41+,42-,43-,45+,46-,48-/m0/s1. The van der Waals surface area contributed by atoms with Crippen LogP contribution in [0.3, 0.4) is 0 Å². The van der Waals surface area contributed by atoms with Crippen LogP contribution in [0.5, 0.6) is 5.75 Å². The molecule has 3 heterocycles. The predicted octanol–water partition coefficient (Wildman–Crippen LogP) is 2.01. The number of Topliss-reactive ketones (excluding diaryl/α,β-unsaturated/α-hetero) is 1. The average Bonchev–Trinajstić information content (AvgIpc) is 4.08. The number of esters is 2. The summed E-state index contributed by atoms with van der Waals surface area (Å²) in [5.41, 5.74) is 0.480. The lowest BCUT2D eigenvalue weighted by Crippen LogP contribution is -2.62. The zero-order valence-corrected chi connectivity index (χ0v) is 47.9. The summed E-state index contributed by atoms with van der Waals surface area (Å²) in [5, 5.41) is 40.3. The van der Waals surface area contributed by atoms with E-state index < -0.39 is 150 Å². The van der Waals surface area contributed by atoms with Gasteiger partial charge in [-0.2, -0.15) is 0 Å². The van der Waals surface area contributed by atoms with E-state index in [0.717, 1.165) is 4.90 Å². The van der Waals surface area contributed by atoms with E-state index in [1.165, 1.54) is 61.7 Å². The van der Waals surface area contributed by atoms with Crippen molar-refractivity contribution in [3.63, 3.8) is 0 Å². The van der Waals surface area contributed by atoms with Gasteiger partial charge in [-0.05, 0) is 101 Å². The second kappa shape index (κ2) is 28.6.